The van der Waals surface area contributed by atoms with Crippen molar-refractivity contribution in [2.24, 2.45) is 5.92 Å². The Labute approximate surface area is 392 Å². The smallest absolute Gasteiger partial charge is 0.363 e. The van der Waals surface area contributed by atoms with E-state index < -0.39 is 37.3 Å². The molecule has 15 nitrogen and oxygen atoms in total. The maximum Gasteiger partial charge on any atom is 0.363 e. The van der Waals surface area contributed by atoms with Crippen LogP contribution < -0.4 is 20.7 Å². The van der Waals surface area contributed by atoms with Gasteiger partial charge in [0.05, 0.1) is 62.5 Å². The second-order valence-electron chi connectivity index (χ2n) is 16.1. The van der Waals surface area contributed by atoms with E-state index in [0.29, 0.717) is 56.8 Å². The van der Waals surface area contributed by atoms with E-state index in [1.165, 1.54) is 6.07 Å². The summed E-state index contributed by atoms with van der Waals surface area (Å²) in [6.45, 7) is 9.56. The molecule has 0 unspecified atom stereocenters. The molecule has 0 saturated carbocycles. The number of hydrogen-bond donors (Lipinski definition) is 2. The van der Waals surface area contributed by atoms with E-state index in [9.17, 15) is 23.7 Å². The van der Waals surface area contributed by atoms with E-state index in [1.54, 1.807) is 36.4 Å². The van der Waals surface area contributed by atoms with Crippen molar-refractivity contribution in [3.8, 4) is 17.1 Å². The van der Waals surface area contributed by atoms with Crippen molar-refractivity contribution >= 4 is 37.1 Å². The van der Waals surface area contributed by atoms with Gasteiger partial charge in [0.25, 0.3) is 5.91 Å². The zero-order chi connectivity index (χ0) is 47.4. The molecule has 1 aromatic heterocycles. The Morgan fingerprint density at radius 1 is 0.806 bits per heavy atom. The van der Waals surface area contributed by atoms with E-state index in [-0.39, 0.29) is 42.3 Å². The number of rotatable bonds is 26. The summed E-state index contributed by atoms with van der Waals surface area (Å²) >= 11 is 0. The molecule has 4 aromatic carbocycles. The summed E-state index contributed by atoms with van der Waals surface area (Å²) in [5.74, 6) is -1.88. The van der Waals surface area contributed by atoms with E-state index in [1.807, 2.05) is 93.6 Å². The van der Waals surface area contributed by atoms with E-state index in [2.05, 4.69) is 15.5 Å². The Hall–Kier alpha value is -6.09. The lowest BCUT2D eigenvalue weighted by molar-refractivity contribution is -0.171. The molecule has 0 bridgehead atoms. The number of furan rings is 1. The minimum atomic E-state index is -3.99. The first-order chi connectivity index (χ1) is 32.6. The van der Waals surface area contributed by atoms with Crippen LogP contribution in [0.15, 0.2) is 120 Å². The standard InChI is InChI=1S/C51H61N4O11P/c1-4-7-10-19-45(46(5-2)55(37-56)66-51(59)41-22-20-38(21-23-41)33-54-26-28-61-29-27-54)49(57)52-36-53-50(58)48-25-24-47(65-48)42-30-43(62-6-3)32-44(31-42)67(60,63-34-39-15-11-8-12-16-39)64-35-40-17-13-9-14-18-40/h8-9,11-18,20-25,30-32,37,45-46H,4-7,10,19,26-29,33-36H2,1-3H3,(H,52,57)(H,53,58)/t45-,46-/m1/s1. The van der Waals surface area contributed by atoms with Crippen LogP contribution in [0.25, 0.3) is 11.3 Å². The van der Waals surface area contributed by atoms with Crippen molar-refractivity contribution in [3.63, 3.8) is 0 Å². The number of unbranched alkanes of at least 4 members (excludes halogenated alkanes) is 2. The molecule has 2 heterocycles. The van der Waals surface area contributed by atoms with Crippen LogP contribution in [0.2, 0.25) is 0 Å². The zero-order valence-corrected chi connectivity index (χ0v) is 39.3. The molecule has 5 aromatic rings. The highest BCUT2D eigenvalue weighted by Crippen LogP contribution is 2.50. The molecule has 356 valence electrons. The molecule has 67 heavy (non-hydrogen) atoms. The molecule has 1 saturated heterocycles. The molecular formula is C51H61N4O11P. The third-order valence-corrected chi connectivity index (χ3v) is 13.1. The highest BCUT2D eigenvalue weighted by molar-refractivity contribution is 7.62. The Morgan fingerprint density at radius 2 is 1.48 bits per heavy atom. The fraction of sp³-hybridized carbons (Fsp3) is 0.373. The van der Waals surface area contributed by atoms with Crippen molar-refractivity contribution in [1.82, 2.24) is 20.6 Å². The van der Waals surface area contributed by atoms with Gasteiger partial charge in [-0.3, -0.25) is 23.8 Å². The van der Waals surface area contributed by atoms with Gasteiger partial charge in [0, 0.05) is 25.2 Å². The lowest BCUT2D eigenvalue weighted by atomic mass is 9.90. The molecule has 2 atom stereocenters. The number of ether oxygens (including phenoxy) is 2. The number of nitrogens with one attached hydrogen (secondary N) is 2. The van der Waals surface area contributed by atoms with Gasteiger partial charge in [0.15, 0.2) is 5.76 Å². The van der Waals surface area contributed by atoms with Crippen LogP contribution in [0.5, 0.6) is 5.75 Å². The fourth-order valence-corrected chi connectivity index (χ4v) is 9.26. The summed E-state index contributed by atoms with van der Waals surface area (Å²) < 4.78 is 44.3. The number of hydroxylamine groups is 2. The number of nitrogens with zero attached hydrogens (tertiary/aromatic N) is 2. The number of carbonyl (C=O) groups is 4. The van der Waals surface area contributed by atoms with E-state index >= 15 is 0 Å². The second-order valence-corrected chi connectivity index (χ2v) is 18.1. The lowest BCUT2D eigenvalue weighted by Gasteiger charge is -2.31. The average Bonchev–Trinajstić information content (AvgIpc) is 3.87. The normalized spacial score (nSPS) is 13.8. The summed E-state index contributed by atoms with van der Waals surface area (Å²) in [5.41, 5.74) is 3.38. The molecule has 3 amide bonds. The Morgan fingerprint density at radius 3 is 2.09 bits per heavy atom. The van der Waals surface area contributed by atoms with Gasteiger partial charge in [-0.1, -0.05) is 106 Å². The maximum absolute atomic E-state index is 14.7. The summed E-state index contributed by atoms with van der Waals surface area (Å²) in [5, 5.41) is 6.63. The minimum Gasteiger partial charge on any atom is -0.494 e. The molecule has 0 radical (unpaired) electrons. The molecular weight excluding hydrogens is 876 g/mol. The molecule has 2 N–H and O–H groups in total. The van der Waals surface area contributed by atoms with Gasteiger partial charge in [-0.2, -0.15) is 5.06 Å². The van der Waals surface area contributed by atoms with E-state index in [0.717, 1.165) is 54.2 Å². The number of amides is 3. The van der Waals surface area contributed by atoms with Gasteiger partial charge in [-0.05, 0) is 78.9 Å². The van der Waals surface area contributed by atoms with Crippen molar-refractivity contribution in [2.75, 3.05) is 39.6 Å². The van der Waals surface area contributed by atoms with Crippen LogP contribution >= 0.6 is 7.60 Å². The summed E-state index contributed by atoms with van der Waals surface area (Å²) in [4.78, 5) is 60.9. The third-order valence-electron chi connectivity index (χ3n) is 11.3. The molecule has 1 fully saturated rings. The average molecular weight is 937 g/mol. The third kappa shape index (κ3) is 14.7. The summed E-state index contributed by atoms with van der Waals surface area (Å²) in [6.07, 6.45) is 3.60. The van der Waals surface area contributed by atoms with Crippen molar-refractivity contribution < 1.29 is 51.5 Å². The molecule has 0 spiro atoms. The maximum atomic E-state index is 14.7. The van der Waals surface area contributed by atoms with Crippen LogP contribution in [-0.2, 0) is 52.5 Å². The highest BCUT2D eigenvalue weighted by atomic mass is 31.2. The van der Waals surface area contributed by atoms with Gasteiger partial charge in [0.2, 0.25) is 12.3 Å². The van der Waals surface area contributed by atoms with Crippen molar-refractivity contribution in [3.05, 3.63) is 143 Å². The number of benzene rings is 4. The van der Waals surface area contributed by atoms with Gasteiger partial charge in [-0.25, -0.2) is 4.79 Å². The molecule has 0 aliphatic carbocycles. The highest BCUT2D eigenvalue weighted by Gasteiger charge is 2.34. The number of carbonyl (C=O) groups excluding carboxylic acids is 4. The second kappa shape index (κ2) is 25.7. The number of hydrogen-bond acceptors (Lipinski definition) is 12. The lowest BCUT2D eigenvalue weighted by Crippen LogP contribution is -2.49. The zero-order valence-electron chi connectivity index (χ0n) is 38.4. The van der Waals surface area contributed by atoms with Crippen molar-refractivity contribution in [2.45, 2.75) is 78.7 Å². The fourth-order valence-electron chi connectivity index (χ4n) is 7.67. The number of morpholine rings is 1. The summed E-state index contributed by atoms with van der Waals surface area (Å²) in [6, 6.07) is 33.0. The van der Waals surface area contributed by atoms with Gasteiger partial charge in [0.1, 0.15) is 11.5 Å². The first-order valence-corrected chi connectivity index (χ1v) is 24.4. The van der Waals surface area contributed by atoms with Crippen LogP contribution in [0.3, 0.4) is 0 Å². The molecule has 1 aliphatic rings. The topological polar surface area (TPSA) is 175 Å². The monoisotopic (exact) mass is 936 g/mol. The Balaban J connectivity index is 1.11. The predicted molar refractivity (Wildman–Crippen MR) is 253 cm³/mol. The predicted octanol–water partition coefficient (Wildman–Crippen LogP) is 8.44. The summed E-state index contributed by atoms with van der Waals surface area (Å²) in [7, 11) is -3.99. The van der Waals surface area contributed by atoms with Crippen LogP contribution in [0.1, 0.15) is 90.5 Å². The molecule has 6 rings (SSSR count). The van der Waals surface area contributed by atoms with Gasteiger partial charge >= 0.3 is 13.6 Å². The van der Waals surface area contributed by atoms with Gasteiger partial charge < -0.3 is 38.4 Å². The molecule has 1 aliphatic heterocycles. The first-order valence-electron chi connectivity index (χ1n) is 22.9. The Bertz CT molecular complexity index is 2340. The largest absolute Gasteiger partial charge is 0.494 e. The quantitative estimate of drug-likeness (QED) is 0.0178. The van der Waals surface area contributed by atoms with Crippen molar-refractivity contribution in [1.29, 1.82) is 0 Å². The van der Waals surface area contributed by atoms with Gasteiger partial charge in [-0.15, -0.1) is 0 Å². The first kappa shape index (κ1) is 50.3. The van der Waals surface area contributed by atoms with Crippen LogP contribution in [0.4, 0.5) is 0 Å². The SMILES string of the molecule is CCCCC[C@@H](C(=O)NCNC(=O)c1ccc(-c2cc(OCC)cc(P(=O)(OCc3ccccc3)OCc3ccccc3)c2)o1)[C@@H](CC)N(C=O)OC(=O)c1ccc(CN2CCOCC2)cc1. The molecule has 16 heteroatoms. The Kier molecular flexibility index (Phi) is 19.3. The van der Waals surface area contributed by atoms with E-state index in [4.69, 9.17) is 27.8 Å². The van der Waals surface area contributed by atoms with Crippen LogP contribution in [0, 0.1) is 5.92 Å². The van der Waals surface area contributed by atoms with Crippen LogP contribution in [-0.4, -0.2) is 79.8 Å². The minimum absolute atomic E-state index is 0.0234.